The van der Waals surface area contributed by atoms with Crippen LogP contribution >= 0.6 is 0 Å². The first-order valence-corrected chi connectivity index (χ1v) is 7.62. The fourth-order valence-corrected chi connectivity index (χ4v) is 2.25. The van der Waals surface area contributed by atoms with Gasteiger partial charge in [-0.3, -0.25) is 9.59 Å². The van der Waals surface area contributed by atoms with E-state index in [1.807, 2.05) is 24.3 Å². The van der Waals surface area contributed by atoms with Crippen molar-refractivity contribution in [2.24, 2.45) is 0 Å². The Morgan fingerprint density at radius 3 is 2.28 bits per heavy atom. The standard InChI is InChI=1S/C19H20O6/c1-13(21)25-17-9-6-15(11-20)10-18(17)24-12-14-4-7-16(8-5-14)19(22-2)23-3/h4-11,19H,12H2,1-3H3. The molecular weight excluding hydrogens is 324 g/mol. The molecule has 6 nitrogen and oxygen atoms in total. The minimum absolute atomic E-state index is 0.251. The van der Waals surface area contributed by atoms with Gasteiger partial charge >= 0.3 is 5.97 Å². The number of esters is 1. The summed E-state index contributed by atoms with van der Waals surface area (Å²) < 4.78 is 21.2. The maximum Gasteiger partial charge on any atom is 0.308 e. The number of hydrogen-bond donors (Lipinski definition) is 0. The van der Waals surface area contributed by atoms with Crippen LogP contribution in [0.2, 0.25) is 0 Å². The van der Waals surface area contributed by atoms with Crippen molar-refractivity contribution in [2.45, 2.75) is 19.8 Å². The van der Waals surface area contributed by atoms with Crippen molar-refractivity contribution in [1.82, 2.24) is 0 Å². The number of rotatable bonds is 8. The molecule has 0 aromatic heterocycles. The average molecular weight is 344 g/mol. The van der Waals surface area contributed by atoms with Crippen molar-refractivity contribution in [1.29, 1.82) is 0 Å². The van der Waals surface area contributed by atoms with Crippen molar-refractivity contribution in [3.05, 3.63) is 59.2 Å². The maximum atomic E-state index is 11.2. The number of methoxy groups -OCH3 is 2. The first-order chi connectivity index (χ1) is 12.1. The van der Waals surface area contributed by atoms with Crippen LogP contribution in [-0.4, -0.2) is 26.5 Å². The van der Waals surface area contributed by atoms with Crippen molar-refractivity contribution in [3.63, 3.8) is 0 Å². The maximum absolute atomic E-state index is 11.2. The van der Waals surface area contributed by atoms with E-state index < -0.39 is 12.3 Å². The van der Waals surface area contributed by atoms with Crippen LogP contribution in [0.4, 0.5) is 0 Å². The minimum atomic E-state index is -0.460. The van der Waals surface area contributed by atoms with Gasteiger partial charge in [0.2, 0.25) is 0 Å². The Labute approximate surface area is 146 Å². The van der Waals surface area contributed by atoms with Crippen LogP contribution in [0, 0.1) is 0 Å². The molecule has 0 N–H and O–H groups in total. The van der Waals surface area contributed by atoms with Gasteiger partial charge in [-0.2, -0.15) is 0 Å². The third-order valence-corrected chi connectivity index (χ3v) is 3.43. The minimum Gasteiger partial charge on any atom is -0.485 e. The molecular formula is C19H20O6. The van der Waals surface area contributed by atoms with Gasteiger partial charge in [-0.05, 0) is 23.8 Å². The fourth-order valence-electron chi connectivity index (χ4n) is 2.25. The molecule has 0 radical (unpaired) electrons. The summed E-state index contributed by atoms with van der Waals surface area (Å²) in [7, 11) is 3.14. The molecule has 2 rings (SSSR count). The molecule has 0 unspecified atom stereocenters. The molecule has 0 fully saturated rings. The number of ether oxygens (including phenoxy) is 4. The molecule has 0 atom stereocenters. The molecule has 6 heteroatoms. The summed E-state index contributed by atoms with van der Waals surface area (Å²) in [5.74, 6) is 0.141. The fraction of sp³-hybridized carbons (Fsp3) is 0.263. The highest BCUT2D eigenvalue weighted by Gasteiger charge is 2.11. The molecule has 0 heterocycles. The molecule has 2 aromatic rings. The molecule has 132 valence electrons. The van der Waals surface area contributed by atoms with Crippen LogP contribution in [0.5, 0.6) is 11.5 Å². The molecule has 2 aromatic carbocycles. The summed E-state index contributed by atoms with van der Waals surface area (Å²) in [6.45, 7) is 1.56. The van der Waals surface area contributed by atoms with Crippen LogP contribution in [0.15, 0.2) is 42.5 Å². The van der Waals surface area contributed by atoms with E-state index in [0.29, 0.717) is 17.6 Å². The number of aldehydes is 1. The molecule has 0 aliphatic heterocycles. The zero-order valence-electron chi connectivity index (χ0n) is 14.4. The Hall–Kier alpha value is -2.70. The smallest absolute Gasteiger partial charge is 0.308 e. The molecule has 0 aliphatic rings. The van der Waals surface area contributed by atoms with Gasteiger partial charge in [0.1, 0.15) is 12.9 Å². The van der Waals surface area contributed by atoms with E-state index in [-0.39, 0.29) is 12.4 Å². The first kappa shape index (κ1) is 18.6. The number of carbonyl (C=O) groups excluding carboxylic acids is 2. The largest absolute Gasteiger partial charge is 0.485 e. The monoisotopic (exact) mass is 344 g/mol. The lowest BCUT2D eigenvalue weighted by Gasteiger charge is -2.14. The van der Waals surface area contributed by atoms with E-state index in [0.717, 1.165) is 11.1 Å². The summed E-state index contributed by atoms with van der Waals surface area (Å²) >= 11 is 0. The van der Waals surface area contributed by atoms with Gasteiger partial charge in [-0.15, -0.1) is 0 Å². The second kappa shape index (κ2) is 8.96. The zero-order chi connectivity index (χ0) is 18.2. The lowest BCUT2D eigenvalue weighted by Crippen LogP contribution is -2.06. The number of carbonyl (C=O) groups is 2. The lowest BCUT2D eigenvalue weighted by atomic mass is 10.1. The van der Waals surface area contributed by atoms with E-state index in [2.05, 4.69) is 0 Å². The Kier molecular flexibility index (Phi) is 6.68. The summed E-state index contributed by atoms with van der Waals surface area (Å²) in [5.41, 5.74) is 2.22. The van der Waals surface area contributed by atoms with E-state index in [4.69, 9.17) is 18.9 Å². The van der Waals surface area contributed by atoms with Gasteiger partial charge in [0.15, 0.2) is 17.8 Å². The van der Waals surface area contributed by atoms with E-state index in [9.17, 15) is 9.59 Å². The average Bonchev–Trinajstić information content (AvgIpc) is 2.62. The SMILES string of the molecule is COC(OC)c1ccc(COc2cc(C=O)ccc2OC(C)=O)cc1. The summed E-state index contributed by atoms with van der Waals surface area (Å²) in [4.78, 5) is 22.1. The molecule has 0 amide bonds. The van der Waals surface area contributed by atoms with E-state index in [1.54, 1.807) is 20.3 Å². The molecule has 25 heavy (non-hydrogen) atoms. The van der Waals surface area contributed by atoms with Gasteiger partial charge < -0.3 is 18.9 Å². The number of benzene rings is 2. The molecule has 0 aliphatic carbocycles. The number of hydrogen-bond acceptors (Lipinski definition) is 6. The molecule has 0 spiro atoms. The van der Waals surface area contributed by atoms with Crippen molar-refractivity contribution in [2.75, 3.05) is 14.2 Å². The van der Waals surface area contributed by atoms with Crippen LogP contribution in [0.25, 0.3) is 0 Å². The van der Waals surface area contributed by atoms with Gasteiger partial charge in [0, 0.05) is 32.3 Å². The summed E-state index contributed by atoms with van der Waals surface area (Å²) in [6, 6.07) is 12.2. The quantitative estimate of drug-likeness (QED) is 0.317. The third-order valence-electron chi connectivity index (χ3n) is 3.43. The molecule has 0 saturated carbocycles. The summed E-state index contributed by atoms with van der Waals surface area (Å²) in [5, 5.41) is 0. The van der Waals surface area contributed by atoms with Crippen LogP contribution < -0.4 is 9.47 Å². The van der Waals surface area contributed by atoms with Crippen LogP contribution in [-0.2, 0) is 20.9 Å². The Morgan fingerprint density at radius 1 is 1.04 bits per heavy atom. The highest BCUT2D eigenvalue weighted by molar-refractivity contribution is 5.77. The molecule has 0 saturated heterocycles. The Bertz CT molecular complexity index is 719. The van der Waals surface area contributed by atoms with E-state index in [1.165, 1.54) is 19.1 Å². The predicted molar refractivity (Wildman–Crippen MR) is 90.7 cm³/mol. The van der Waals surface area contributed by atoms with Crippen molar-refractivity contribution < 1.29 is 28.5 Å². The van der Waals surface area contributed by atoms with Gasteiger partial charge in [0.25, 0.3) is 0 Å². The van der Waals surface area contributed by atoms with Crippen LogP contribution in [0.1, 0.15) is 34.7 Å². The topological polar surface area (TPSA) is 71.1 Å². The first-order valence-electron chi connectivity index (χ1n) is 7.62. The van der Waals surface area contributed by atoms with Gasteiger partial charge in [-0.25, -0.2) is 0 Å². The highest BCUT2D eigenvalue weighted by Crippen LogP contribution is 2.29. The lowest BCUT2D eigenvalue weighted by molar-refractivity contribution is -0.132. The highest BCUT2D eigenvalue weighted by atomic mass is 16.7. The predicted octanol–water partition coefficient (Wildman–Crippen LogP) is 3.29. The van der Waals surface area contributed by atoms with Gasteiger partial charge in [-0.1, -0.05) is 24.3 Å². The molecule has 0 bridgehead atoms. The van der Waals surface area contributed by atoms with Crippen molar-refractivity contribution >= 4 is 12.3 Å². The van der Waals surface area contributed by atoms with E-state index >= 15 is 0 Å². The Morgan fingerprint density at radius 2 is 1.72 bits per heavy atom. The van der Waals surface area contributed by atoms with Crippen molar-refractivity contribution in [3.8, 4) is 11.5 Å². The van der Waals surface area contributed by atoms with Gasteiger partial charge in [0.05, 0.1) is 0 Å². The summed E-state index contributed by atoms with van der Waals surface area (Å²) in [6.07, 6.45) is 0.282. The zero-order valence-corrected chi connectivity index (χ0v) is 14.4. The normalized spacial score (nSPS) is 10.6. The second-order valence-electron chi connectivity index (χ2n) is 5.25. The second-order valence-corrected chi connectivity index (χ2v) is 5.25. The Balaban J connectivity index is 2.12. The third kappa shape index (κ3) is 5.14. The van der Waals surface area contributed by atoms with Crippen LogP contribution in [0.3, 0.4) is 0 Å².